The monoisotopic (exact) mass is 348 g/mol. The molecule has 0 radical (unpaired) electrons. The molecule has 6 heteroatoms. The van der Waals surface area contributed by atoms with E-state index < -0.39 is 0 Å². The minimum absolute atomic E-state index is 0.0209. The Morgan fingerprint density at radius 3 is 3.00 bits per heavy atom. The minimum Gasteiger partial charge on any atom is -0.497 e. The highest BCUT2D eigenvalue weighted by Crippen LogP contribution is 2.36. The molecule has 120 valence electrons. The molecule has 1 aliphatic heterocycles. The van der Waals surface area contributed by atoms with Gasteiger partial charge in [0.1, 0.15) is 11.6 Å². The molecule has 1 atom stereocenters. The summed E-state index contributed by atoms with van der Waals surface area (Å²) in [6, 6.07) is 12.5. The van der Waals surface area contributed by atoms with Crippen molar-refractivity contribution in [3.8, 4) is 5.75 Å². The predicted molar refractivity (Wildman–Crippen MR) is 96.8 cm³/mol. The van der Waals surface area contributed by atoms with Crippen molar-refractivity contribution < 1.29 is 9.13 Å². The molecule has 0 saturated carbocycles. The van der Waals surface area contributed by atoms with Gasteiger partial charge in [-0.25, -0.2) is 4.39 Å². The van der Waals surface area contributed by atoms with Crippen LogP contribution in [0.2, 0.25) is 0 Å². The van der Waals surface area contributed by atoms with Gasteiger partial charge in [-0.3, -0.25) is 0 Å². The van der Waals surface area contributed by atoms with Crippen LogP contribution in [0.25, 0.3) is 0 Å². The van der Waals surface area contributed by atoms with E-state index in [4.69, 9.17) is 17.0 Å². The van der Waals surface area contributed by atoms with Crippen molar-refractivity contribution in [1.29, 1.82) is 0 Å². The first-order valence-corrected chi connectivity index (χ1v) is 8.69. The molecular formula is C17H17FN2OS2. The number of methoxy groups -OCH3 is 1. The summed E-state index contributed by atoms with van der Waals surface area (Å²) < 4.78 is 18.7. The molecule has 3 rings (SSSR count). The SMILES string of the molecule is COc1cccc(NC(=S)N[C@@H]2CCSc3ccc(F)cc32)c1. The zero-order valence-corrected chi connectivity index (χ0v) is 14.3. The van der Waals surface area contributed by atoms with Gasteiger partial charge in [-0.15, -0.1) is 11.8 Å². The maximum atomic E-state index is 13.5. The molecule has 0 saturated heterocycles. The number of thioether (sulfide) groups is 1. The third kappa shape index (κ3) is 3.95. The Hall–Kier alpha value is -1.79. The van der Waals surface area contributed by atoms with Gasteiger partial charge in [0, 0.05) is 22.4 Å². The van der Waals surface area contributed by atoms with Gasteiger partial charge in [-0.1, -0.05) is 6.07 Å². The number of halogens is 1. The van der Waals surface area contributed by atoms with Crippen LogP contribution in [0.3, 0.4) is 0 Å². The van der Waals surface area contributed by atoms with E-state index in [1.54, 1.807) is 24.9 Å². The second-order valence-corrected chi connectivity index (χ2v) is 6.75. The number of benzene rings is 2. The van der Waals surface area contributed by atoms with Crippen molar-refractivity contribution in [3.63, 3.8) is 0 Å². The minimum atomic E-state index is -0.218. The first-order valence-electron chi connectivity index (χ1n) is 7.29. The van der Waals surface area contributed by atoms with E-state index in [0.29, 0.717) is 5.11 Å². The molecule has 1 aliphatic rings. The van der Waals surface area contributed by atoms with Gasteiger partial charge >= 0.3 is 0 Å². The zero-order valence-electron chi connectivity index (χ0n) is 12.6. The topological polar surface area (TPSA) is 33.3 Å². The van der Waals surface area contributed by atoms with Gasteiger partial charge in [0.15, 0.2) is 5.11 Å². The molecule has 2 aromatic rings. The zero-order chi connectivity index (χ0) is 16.2. The molecular weight excluding hydrogens is 331 g/mol. The molecule has 2 aromatic carbocycles. The lowest BCUT2D eigenvalue weighted by molar-refractivity contribution is 0.415. The number of nitrogens with one attached hydrogen (secondary N) is 2. The predicted octanol–water partition coefficient (Wildman–Crippen LogP) is 4.36. The molecule has 0 spiro atoms. The van der Waals surface area contributed by atoms with Crippen LogP contribution in [0.15, 0.2) is 47.4 Å². The normalized spacial score (nSPS) is 16.3. The van der Waals surface area contributed by atoms with Gasteiger partial charge in [0.25, 0.3) is 0 Å². The van der Waals surface area contributed by atoms with Crippen molar-refractivity contribution in [2.24, 2.45) is 0 Å². The lowest BCUT2D eigenvalue weighted by Crippen LogP contribution is -2.34. The van der Waals surface area contributed by atoms with Crippen LogP contribution in [0, 0.1) is 5.82 Å². The summed E-state index contributed by atoms with van der Waals surface area (Å²) in [5.41, 5.74) is 1.82. The number of anilines is 1. The summed E-state index contributed by atoms with van der Waals surface area (Å²) in [4.78, 5) is 1.11. The van der Waals surface area contributed by atoms with Crippen LogP contribution in [-0.4, -0.2) is 18.0 Å². The number of rotatable bonds is 3. The van der Waals surface area contributed by atoms with Crippen LogP contribution in [0.4, 0.5) is 10.1 Å². The molecule has 0 aliphatic carbocycles. The van der Waals surface area contributed by atoms with E-state index in [0.717, 1.165) is 34.1 Å². The highest BCUT2D eigenvalue weighted by atomic mass is 32.2. The molecule has 0 aromatic heterocycles. The standard InChI is InChI=1S/C17H17FN2OS2/c1-21-13-4-2-3-12(10-13)19-17(22)20-15-7-8-23-16-6-5-11(18)9-14(15)16/h2-6,9-10,15H,7-8H2,1H3,(H2,19,20,22)/t15-/m1/s1. The van der Waals surface area contributed by atoms with Gasteiger partial charge < -0.3 is 15.4 Å². The second kappa shape index (κ2) is 7.19. The number of ether oxygens (including phenoxy) is 1. The molecule has 3 nitrogen and oxygen atoms in total. The molecule has 0 bridgehead atoms. The van der Waals surface area contributed by atoms with Gasteiger partial charge in [-0.05, 0) is 54.5 Å². The van der Waals surface area contributed by atoms with E-state index in [-0.39, 0.29) is 11.9 Å². The van der Waals surface area contributed by atoms with Crippen LogP contribution in [0.1, 0.15) is 18.0 Å². The van der Waals surface area contributed by atoms with Crippen molar-refractivity contribution in [3.05, 3.63) is 53.8 Å². The Kier molecular flexibility index (Phi) is 5.03. The largest absolute Gasteiger partial charge is 0.497 e. The summed E-state index contributed by atoms with van der Waals surface area (Å²) in [5.74, 6) is 1.53. The molecule has 23 heavy (non-hydrogen) atoms. The van der Waals surface area contributed by atoms with Crippen molar-refractivity contribution in [2.45, 2.75) is 17.4 Å². The van der Waals surface area contributed by atoms with Crippen molar-refractivity contribution >= 4 is 34.8 Å². The second-order valence-electron chi connectivity index (χ2n) is 5.20. The van der Waals surface area contributed by atoms with Crippen molar-refractivity contribution in [2.75, 3.05) is 18.2 Å². The van der Waals surface area contributed by atoms with Crippen LogP contribution in [-0.2, 0) is 0 Å². The molecule has 0 unspecified atom stereocenters. The Labute approximate surface area is 144 Å². The maximum Gasteiger partial charge on any atom is 0.171 e. The third-order valence-corrected chi connectivity index (χ3v) is 4.99. The smallest absolute Gasteiger partial charge is 0.171 e. The Morgan fingerprint density at radius 1 is 1.30 bits per heavy atom. The lowest BCUT2D eigenvalue weighted by atomic mass is 10.0. The number of hydrogen-bond acceptors (Lipinski definition) is 3. The lowest BCUT2D eigenvalue weighted by Gasteiger charge is -2.27. The molecule has 1 heterocycles. The fourth-order valence-electron chi connectivity index (χ4n) is 2.54. The quantitative estimate of drug-likeness (QED) is 0.806. The maximum absolute atomic E-state index is 13.5. The number of fused-ring (bicyclic) bond motifs is 1. The Bertz CT molecular complexity index is 723. The third-order valence-electron chi connectivity index (χ3n) is 3.64. The Balaban J connectivity index is 1.70. The Morgan fingerprint density at radius 2 is 2.17 bits per heavy atom. The van der Waals surface area contributed by atoms with E-state index in [9.17, 15) is 4.39 Å². The van der Waals surface area contributed by atoms with E-state index >= 15 is 0 Å². The van der Waals surface area contributed by atoms with Crippen LogP contribution in [0.5, 0.6) is 5.75 Å². The average Bonchev–Trinajstić information content (AvgIpc) is 2.55. The highest BCUT2D eigenvalue weighted by molar-refractivity contribution is 7.99. The van der Waals surface area contributed by atoms with E-state index in [2.05, 4.69) is 10.6 Å². The van der Waals surface area contributed by atoms with Gasteiger partial charge in [0.2, 0.25) is 0 Å². The van der Waals surface area contributed by atoms with Crippen LogP contribution < -0.4 is 15.4 Å². The first-order chi connectivity index (χ1) is 11.2. The summed E-state index contributed by atoms with van der Waals surface area (Å²) >= 11 is 7.14. The molecule has 2 N–H and O–H groups in total. The number of thiocarbonyl (C=S) groups is 1. The summed E-state index contributed by atoms with van der Waals surface area (Å²) in [7, 11) is 1.63. The van der Waals surface area contributed by atoms with E-state index in [1.807, 2.05) is 30.3 Å². The molecule has 0 amide bonds. The summed E-state index contributed by atoms with van der Waals surface area (Å²) in [6.45, 7) is 0. The van der Waals surface area contributed by atoms with Crippen molar-refractivity contribution in [1.82, 2.24) is 5.32 Å². The highest BCUT2D eigenvalue weighted by Gasteiger charge is 2.22. The fraction of sp³-hybridized carbons (Fsp3) is 0.235. The van der Waals surface area contributed by atoms with E-state index in [1.165, 1.54) is 6.07 Å². The first kappa shape index (κ1) is 16.1. The summed E-state index contributed by atoms with van der Waals surface area (Å²) in [6.07, 6.45) is 0.904. The van der Waals surface area contributed by atoms with Gasteiger partial charge in [-0.2, -0.15) is 0 Å². The number of hydrogen-bond donors (Lipinski definition) is 2. The summed E-state index contributed by atoms with van der Waals surface area (Å²) in [5, 5.41) is 6.96. The van der Waals surface area contributed by atoms with Crippen LogP contribution >= 0.6 is 24.0 Å². The van der Waals surface area contributed by atoms with Gasteiger partial charge in [0.05, 0.1) is 13.2 Å². The molecule has 0 fully saturated rings. The fourth-order valence-corrected chi connectivity index (χ4v) is 3.91. The average molecular weight is 348 g/mol.